The molecule has 1 aromatic rings. The van der Waals surface area contributed by atoms with Crippen molar-refractivity contribution in [2.75, 3.05) is 13.2 Å². The van der Waals surface area contributed by atoms with Gasteiger partial charge in [0, 0.05) is 6.92 Å². The third kappa shape index (κ3) is 6.16. The fraction of sp³-hybridized carbons (Fsp3) is 0.500. The Balaban J connectivity index is 2.83. The fourth-order valence-corrected chi connectivity index (χ4v) is 2.57. The number of carbonyl (C=O) groups excluding carboxylic acids is 1. The largest absolute Gasteiger partial charge is 0.461 e. The Morgan fingerprint density at radius 2 is 1.73 bits per heavy atom. The van der Waals surface area contributed by atoms with Crippen molar-refractivity contribution in [1.29, 1.82) is 0 Å². The molecule has 0 radical (unpaired) electrons. The molecule has 0 saturated carbocycles. The summed E-state index contributed by atoms with van der Waals surface area (Å²) in [7, 11) is -1.82. The van der Waals surface area contributed by atoms with E-state index in [2.05, 4.69) is 33.9 Å². The molecule has 0 amide bonds. The van der Waals surface area contributed by atoms with E-state index in [0.717, 1.165) is 11.1 Å². The molecule has 0 unspecified atom stereocenters. The third-order valence-electron chi connectivity index (χ3n) is 4.06. The molecule has 0 N–H and O–H groups in total. The predicted molar refractivity (Wildman–Crippen MR) is 94.2 cm³/mol. The van der Waals surface area contributed by atoms with Crippen LogP contribution in [0.3, 0.4) is 0 Å². The molecule has 0 heterocycles. The molecule has 4 heteroatoms. The summed E-state index contributed by atoms with van der Waals surface area (Å²) in [5, 5.41) is 0.159. The molecular weight excluding hydrogens is 292 g/mol. The molecule has 3 nitrogen and oxygen atoms in total. The normalized spacial score (nSPS) is 13.1. The summed E-state index contributed by atoms with van der Waals surface area (Å²) in [5.74, 6) is -0.272. The minimum atomic E-state index is -1.82. The number of hydrogen-bond acceptors (Lipinski definition) is 3. The van der Waals surface area contributed by atoms with Crippen molar-refractivity contribution >= 4 is 20.4 Å². The second-order valence-electron chi connectivity index (χ2n) is 7.04. The molecule has 0 fully saturated rings. The molecule has 0 spiro atoms. The lowest BCUT2D eigenvalue weighted by molar-refractivity contribution is -0.140. The second-order valence-corrected chi connectivity index (χ2v) is 11.9. The van der Waals surface area contributed by atoms with Gasteiger partial charge in [0.05, 0.1) is 6.61 Å². The number of esters is 1. The molecule has 0 saturated heterocycles. The zero-order valence-electron chi connectivity index (χ0n) is 14.6. The zero-order chi connectivity index (χ0) is 16.8. The highest BCUT2D eigenvalue weighted by Gasteiger charge is 2.37. The van der Waals surface area contributed by atoms with Crippen LogP contribution in [0.25, 0.3) is 6.08 Å². The lowest BCUT2D eigenvalue weighted by atomic mass is 10.1. The van der Waals surface area contributed by atoms with Gasteiger partial charge in [0.15, 0.2) is 8.32 Å². The number of carbonyl (C=O) groups is 1. The van der Waals surface area contributed by atoms with Crippen LogP contribution in [-0.4, -0.2) is 27.5 Å². The number of benzene rings is 1. The van der Waals surface area contributed by atoms with E-state index in [4.69, 9.17) is 9.16 Å². The van der Waals surface area contributed by atoms with Gasteiger partial charge in [-0.1, -0.05) is 57.2 Å². The predicted octanol–water partition coefficient (Wildman–Crippen LogP) is 4.65. The Hall–Kier alpha value is -1.39. The SMILES string of the molecule is CC(=O)OC/C(=C/c1ccccc1)CO[Si](C)(C)C(C)(C)C. The molecule has 0 aliphatic heterocycles. The van der Waals surface area contributed by atoms with Gasteiger partial charge >= 0.3 is 5.97 Å². The van der Waals surface area contributed by atoms with Gasteiger partial charge in [-0.05, 0) is 29.3 Å². The molecular formula is C18H28O3Si. The Morgan fingerprint density at radius 1 is 1.14 bits per heavy atom. The van der Waals surface area contributed by atoms with Crippen molar-refractivity contribution in [3.63, 3.8) is 0 Å². The fourth-order valence-electron chi connectivity index (χ4n) is 1.59. The van der Waals surface area contributed by atoms with Crippen LogP contribution >= 0.6 is 0 Å². The highest BCUT2D eigenvalue weighted by molar-refractivity contribution is 6.74. The van der Waals surface area contributed by atoms with Crippen molar-refractivity contribution in [3.8, 4) is 0 Å². The third-order valence-corrected chi connectivity index (χ3v) is 8.53. The smallest absolute Gasteiger partial charge is 0.302 e. The van der Waals surface area contributed by atoms with Crippen molar-refractivity contribution < 1.29 is 14.0 Å². The van der Waals surface area contributed by atoms with E-state index in [1.807, 2.05) is 36.4 Å². The van der Waals surface area contributed by atoms with E-state index in [1.165, 1.54) is 6.92 Å². The van der Waals surface area contributed by atoms with Gasteiger partial charge < -0.3 is 9.16 Å². The van der Waals surface area contributed by atoms with E-state index in [-0.39, 0.29) is 17.6 Å². The first-order valence-electron chi connectivity index (χ1n) is 7.63. The molecule has 0 aliphatic carbocycles. The first-order chi connectivity index (χ1) is 10.1. The van der Waals surface area contributed by atoms with E-state index in [9.17, 15) is 4.79 Å². The van der Waals surface area contributed by atoms with Gasteiger partial charge in [0.25, 0.3) is 0 Å². The van der Waals surface area contributed by atoms with E-state index < -0.39 is 8.32 Å². The first kappa shape index (κ1) is 18.7. The molecule has 1 rings (SSSR count). The van der Waals surface area contributed by atoms with E-state index >= 15 is 0 Å². The van der Waals surface area contributed by atoms with Gasteiger partial charge in [-0.2, -0.15) is 0 Å². The average Bonchev–Trinajstić information content (AvgIpc) is 2.41. The Bertz CT molecular complexity index is 513. The maximum atomic E-state index is 11.1. The lowest BCUT2D eigenvalue weighted by Crippen LogP contribution is -2.41. The summed E-state index contributed by atoms with van der Waals surface area (Å²) >= 11 is 0. The van der Waals surface area contributed by atoms with Crippen LogP contribution in [0, 0.1) is 0 Å². The number of ether oxygens (including phenoxy) is 1. The van der Waals surface area contributed by atoms with Crippen LogP contribution in [0.2, 0.25) is 18.1 Å². The molecule has 22 heavy (non-hydrogen) atoms. The Kier molecular flexibility index (Phi) is 6.57. The van der Waals surface area contributed by atoms with Crippen molar-refractivity contribution in [2.45, 2.75) is 45.8 Å². The van der Waals surface area contributed by atoms with Crippen LogP contribution in [0.4, 0.5) is 0 Å². The maximum absolute atomic E-state index is 11.1. The van der Waals surface area contributed by atoms with Crippen molar-refractivity contribution in [2.24, 2.45) is 0 Å². The summed E-state index contributed by atoms with van der Waals surface area (Å²) < 4.78 is 11.4. The molecule has 0 atom stereocenters. The molecule has 0 bridgehead atoms. The van der Waals surface area contributed by atoms with Crippen molar-refractivity contribution in [1.82, 2.24) is 0 Å². The minimum absolute atomic E-state index is 0.159. The molecule has 1 aromatic carbocycles. The second kappa shape index (κ2) is 7.74. The van der Waals surface area contributed by atoms with E-state index in [1.54, 1.807) is 0 Å². The van der Waals surface area contributed by atoms with Gasteiger partial charge in [-0.25, -0.2) is 0 Å². The maximum Gasteiger partial charge on any atom is 0.302 e. The van der Waals surface area contributed by atoms with Crippen LogP contribution in [0.15, 0.2) is 35.9 Å². The Labute approximate surface area is 135 Å². The van der Waals surface area contributed by atoms with Crippen LogP contribution in [-0.2, 0) is 14.0 Å². The van der Waals surface area contributed by atoms with Gasteiger partial charge in [0.2, 0.25) is 0 Å². The average molecular weight is 321 g/mol. The summed E-state index contributed by atoms with van der Waals surface area (Å²) in [4.78, 5) is 11.1. The summed E-state index contributed by atoms with van der Waals surface area (Å²) in [6, 6.07) is 10.0. The van der Waals surface area contributed by atoms with Crippen LogP contribution < -0.4 is 0 Å². The number of rotatable bonds is 6. The zero-order valence-corrected chi connectivity index (χ0v) is 15.6. The minimum Gasteiger partial charge on any atom is -0.461 e. The highest BCUT2D eigenvalue weighted by Crippen LogP contribution is 2.36. The lowest BCUT2D eigenvalue weighted by Gasteiger charge is -2.36. The van der Waals surface area contributed by atoms with Gasteiger partial charge in [0.1, 0.15) is 6.61 Å². The standard InChI is InChI=1S/C18H28O3Si/c1-15(19)20-13-17(12-16-10-8-7-9-11-16)14-21-22(5,6)18(2,3)4/h7-12H,13-14H2,1-6H3/b17-12-. The number of hydrogen-bond donors (Lipinski definition) is 0. The molecule has 122 valence electrons. The summed E-state index contributed by atoms with van der Waals surface area (Å²) in [6.45, 7) is 13.3. The van der Waals surface area contributed by atoms with Gasteiger partial charge in [-0.3, -0.25) is 4.79 Å². The molecule has 0 aromatic heterocycles. The van der Waals surface area contributed by atoms with E-state index in [0.29, 0.717) is 6.61 Å². The van der Waals surface area contributed by atoms with Crippen molar-refractivity contribution in [3.05, 3.63) is 41.5 Å². The first-order valence-corrected chi connectivity index (χ1v) is 10.5. The summed E-state index contributed by atoms with van der Waals surface area (Å²) in [6.07, 6.45) is 2.04. The van der Waals surface area contributed by atoms with Crippen LogP contribution in [0.1, 0.15) is 33.3 Å². The quantitative estimate of drug-likeness (QED) is 0.565. The highest BCUT2D eigenvalue weighted by atomic mass is 28.4. The molecule has 0 aliphatic rings. The monoisotopic (exact) mass is 320 g/mol. The van der Waals surface area contributed by atoms with Gasteiger partial charge in [-0.15, -0.1) is 0 Å². The summed E-state index contributed by atoms with van der Waals surface area (Å²) in [5.41, 5.74) is 2.06. The topological polar surface area (TPSA) is 35.5 Å². The van der Waals surface area contributed by atoms with Crippen LogP contribution in [0.5, 0.6) is 0 Å². The Morgan fingerprint density at radius 3 is 2.23 bits per heavy atom.